The van der Waals surface area contributed by atoms with E-state index in [1.54, 1.807) is 25.7 Å². The fourth-order valence-corrected chi connectivity index (χ4v) is 4.99. The molecule has 3 atom stereocenters. The summed E-state index contributed by atoms with van der Waals surface area (Å²) < 4.78 is 5.53. The minimum Gasteiger partial charge on any atom is -0.444 e. The molecule has 2 rings (SSSR count). The molecule has 0 aromatic heterocycles. The molecule has 0 aliphatic rings. The van der Waals surface area contributed by atoms with Gasteiger partial charge in [-0.3, -0.25) is 9.59 Å². The first kappa shape index (κ1) is 34.8. The summed E-state index contributed by atoms with van der Waals surface area (Å²) in [6.45, 7) is 20.0. The van der Waals surface area contributed by atoms with E-state index in [0.29, 0.717) is 18.9 Å². The molecule has 0 radical (unpaired) electrons. The first-order valence-corrected chi connectivity index (χ1v) is 15.3. The highest BCUT2D eigenvalue weighted by molar-refractivity contribution is 5.92. The zero-order valence-electron chi connectivity index (χ0n) is 27.4. The van der Waals surface area contributed by atoms with Gasteiger partial charge in [0.2, 0.25) is 11.8 Å². The van der Waals surface area contributed by atoms with Crippen LogP contribution in [-0.4, -0.2) is 40.5 Å². The summed E-state index contributed by atoms with van der Waals surface area (Å²) in [7, 11) is 0. The summed E-state index contributed by atoms with van der Waals surface area (Å²) in [4.78, 5) is 43.5. The Hall–Kier alpha value is -3.35. The van der Waals surface area contributed by atoms with Crippen molar-refractivity contribution < 1.29 is 19.1 Å². The number of carbonyl (C=O) groups excluding carboxylic acids is 3. The van der Waals surface area contributed by atoms with E-state index >= 15 is 0 Å². The second kappa shape index (κ2) is 15.8. The predicted octanol–water partition coefficient (Wildman–Crippen LogP) is 7.25. The maximum Gasteiger partial charge on any atom is 0.408 e. The number of ether oxygens (including phenoxy) is 1. The Balaban J connectivity index is 2.62. The minimum atomic E-state index is -0.877. The summed E-state index contributed by atoms with van der Waals surface area (Å²) in [5, 5.41) is 5.96. The molecule has 3 amide bonds. The molecule has 0 aliphatic carbocycles. The molecule has 7 nitrogen and oxygen atoms in total. The van der Waals surface area contributed by atoms with E-state index in [1.807, 2.05) is 83.1 Å². The topological polar surface area (TPSA) is 87.7 Å². The van der Waals surface area contributed by atoms with Gasteiger partial charge in [0, 0.05) is 12.6 Å². The average Bonchev–Trinajstić information content (AvgIpc) is 2.89. The van der Waals surface area contributed by atoms with E-state index in [0.717, 1.165) is 35.1 Å². The van der Waals surface area contributed by atoms with Crippen LogP contribution in [-0.2, 0) is 20.9 Å². The van der Waals surface area contributed by atoms with Crippen molar-refractivity contribution in [1.29, 1.82) is 0 Å². The van der Waals surface area contributed by atoms with Gasteiger partial charge < -0.3 is 20.3 Å². The number of rotatable bonds is 13. The van der Waals surface area contributed by atoms with Crippen molar-refractivity contribution in [3.63, 3.8) is 0 Å². The number of carbonyl (C=O) groups is 3. The lowest BCUT2D eigenvalue weighted by Gasteiger charge is -2.39. The van der Waals surface area contributed by atoms with Crippen LogP contribution in [0, 0.1) is 25.7 Å². The first-order valence-electron chi connectivity index (χ1n) is 15.3. The van der Waals surface area contributed by atoms with Gasteiger partial charge in [-0.15, -0.1) is 0 Å². The monoisotopic (exact) mass is 579 g/mol. The van der Waals surface area contributed by atoms with Crippen molar-refractivity contribution in [3.8, 4) is 0 Å². The van der Waals surface area contributed by atoms with Crippen molar-refractivity contribution in [2.45, 2.75) is 119 Å². The maximum absolute atomic E-state index is 14.6. The van der Waals surface area contributed by atoms with Crippen LogP contribution in [0.3, 0.4) is 0 Å². The molecule has 2 aromatic rings. The second-order valence-electron chi connectivity index (χ2n) is 13.4. The first-order chi connectivity index (χ1) is 19.6. The van der Waals surface area contributed by atoms with Crippen LogP contribution >= 0.6 is 0 Å². The Kier molecular flexibility index (Phi) is 13.1. The van der Waals surface area contributed by atoms with E-state index in [-0.39, 0.29) is 23.8 Å². The quantitative estimate of drug-likeness (QED) is 0.262. The van der Waals surface area contributed by atoms with Crippen LogP contribution in [0.1, 0.15) is 103 Å². The number of amides is 3. The van der Waals surface area contributed by atoms with Gasteiger partial charge in [-0.1, -0.05) is 81.8 Å². The van der Waals surface area contributed by atoms with Crippen molar-refractivity contribution in [2.24, 2.45) is 11.8 Å². The summed E-state index contributed by atoms with van der Waals surface area (Å²) in [6, 6.07) is 13.8. The van der Waals surface area contributed by atoms with Crippen molar-refractivity contribution in [2.75, 3.05) is 0 Å². The highest BCUT2D eigenvalue weighted by Crippen LogP contribution is 2.31. The highest BCUT2D eigenvalue weighted by atomic mass is 16.6. The van der Waals surface area contributed by atoms with E-state index in [4.69, 9.17) is 4.74 Å². The number of benzene rings is 2. The summed E-state index contributed by atoms with van der Waals surface area (Å²) >= 11 is 0. The Morgan fingerprint density at radius 3 is 2.10 bits per heavy atom. The summed E-state index contributed by atoms with van der Waals surface area (Å²) in [6.07, 6.45) is 1.38. The van der Waals surface area contributed by atoms with Gasteiger partial charge in [0.05, 0.1) is 0 Å². The van der Waals surface area contributed by atoms with Gasteiger partial charge in [0.15, 0.2) is 0 Å². The van der Waals surface area contributed by atoms with Crippen LogP contribution in [0.2, 0.25) is 0 Å². The molecule has 0 aliphatic heterocycles. The van der Waals surface area contributed by atoms with Crippen LogP contribution < -0.4 is 10.6 Å². The minimum absolute atomic E-state index is 0.118. The van der Waals surface area contributed by atoms with Crippen LogP contribution in [0.5, 0.6) is 0 Å². The molecule has 0 saturated heterocycles. The predicted molar refractivity (Wildman–Crippen MR) is 170 cm³/mol. The number of nitrogens with one attached hydrogen (secondary N) is 2. The Bertz CT molecular complexity index is 1170. The lowest BCUT2D eigenvalue weighted by atomic mass is 9.92. The van der Waals surface area contributed by atoms with Gasteiger partial charge in [-0.05, 0) is 89.3 Å². The van der Waals surface area contributed by atoms with E-state index < -0.39 is 23.8 Å². The molecule has 0 bridgehead atoms. The lowest BCUT2D eigenvalue weighted by Crippen LogP contribution is -2.56. The van der Waals surface area contributed by atoms with Gasteiger partial charge in [-0.2, -0.15) is 0 Å². The Labute approximate surface area is 253 Å². The number of alkyl carbamates (subject to hydrolysis) is 1. The SMILES string of the molecule is Cc1ccc(C)c(C(C(=O)NCc2ccccc2)N(C(=O)C(CC(C)C)NC(=O)OC(C)(C)C)C(C)CCC(C)C)c1. The third kappa shape index (κ3) is 11.1. The van der Waals surface area contributed by atoms with Crippen molar-refractivity contribution in [3.05, 3.63) is 70.8 Å². The van der Waals surface area contributed by atoms with Gasteiger partial charge in [0.25, 0.3) is 0 Å². The van der Waals surface area contributed by atoms with Gasteiger partial charge >= 0.3 is 6.09 Å². The van der Waals surface area contributed by atoms with Crippen LogP contribution in [0.4, 0.5) is 4.79 Å². The van der Waals surface area contributed by atoms with E-state index in [9.17, 15) is 14.4 Å². The third-order valence-corrected chi connectivity index (χ3v) is 7.15. The fourth-order valence-electron chi connectivity index (χ4n) is 4.99. The fraction of sp³-hybridized carbons (Fsp3) is 0.571. The zero-order valence-corrected chi connectivity index (χ0v) is 27.4. The number of hydrogen-bond acceptors (Lipinski definition) is 4. The summed E-state index contributed by atoms with van der Waals surface area (Å²) in [5.74, 6) is 0.0130. The molecule has 2 N–H and O–H groups in total. The maximum atomic E-state index is 14.6. The smallest absolute Gasteiger partial charge is 0.408 e. The molecule has 7 heteroatoms. The number of aryl methyl sites for hydroxylation is 2. The molecule has 2 aromatic carbocycles. The Morgan fingerprint density at radius 2 is 1.52 bits per heavy atom. The molecule has 0 heterocycles. The second-order valence-corrected chi connectivity index (χ2v) is 13.4. The molecule has 232 valence electrons. The van der Waals surface area contributed by atoms with Crippen molar-refractivity contribution >= 4 is 17.9 Å². The van der Waals surface area contributed by atoms with E-state index in [2.05, 4.69) is 24.5 Å². The van der Waals surface area contributed by atoms with Gasteiger partial charge in [-0.25, -0.2) is 4.79 Å². The normalized spacial score (nSPS) is 13.8. The molecular formula is C35H53N3O4. The van der Waals surface area contributed by atoms with E-state index in [1.165, 1.54) is 0 Å². The zero-order chi connectivity index (χ0) is 31.6. The van der Waals surface area contributed by atoms with Crippen molar-refractivity contribution in [1.82, 2.24) is 15.5 Å². The summed E-state index contributed by atoms with van der Waals surface area (Å²) in [5.41, 5.74) is 2.98. The molecular weight excluding hydrogens is 526 g/mol. The van der Waals surface area contributed by atoms with Gasteiger partial charge in [0.1, 0.15) is 17.7 Å². The molecule has 3 unspecified atom stereocenters. The largest absolute Gasteiger partial charge is 0.444 e. The molecule has 42 heavy (non-hydrogen) atoms. The van der Waals surface area contributed by atoms with Crippen LogP contribution in [0.15, 0.2) is 48.5 Å². The Morgan fingerprint density at radius 1 is 0.881 bits per heavy atom. The third-order valence-electron chi connectivity index (χ3n) is 7.15. The molecule has 0 fully saturated rings. The lowest BCUT2D eigenvalue weighted by molar-refractivity contribution is -0.145. The van der Waals surface area contributed by atoms with Crippen LogP contribution in [0.25, 0.3) is 0 Å². The number of hydrogen-bond donors (Lipinski definition) is 2. The highest BCUT2D eigenvalue weighted by Gasteiger charge is 2.39. The average molecular weight is 580 g/mol. The molecule has 0 spiro atoms. The number of nitrogens with zero attached hydrogens (tertiary/aromatic N) is 1. The molecule has 0 saturated carbocycles. The standard InChI is InChI=1S/C35H53N3O4/c1-23(2)16-19-27(7)38(33(40)30(20-24(3)4)37-34(41)42-35(8,9)10)31(29-21-25(5)17-18-26(29)6)32(39)36-22-28-14-12-11-13-15-28/h11-15,17-18,21,23-24,27,30-31H,16,19-20,22H2,1-10H3,(H,36,39)(H,37,41).